The zero-order chi connectivity index (χ0) is 11.4. The number of hydrogen-bond acceptors (Lipinski definition) is 2. The summed E-state index contributed by atoms with van der Waals surface area (Å²) in [5.74, 6) is 0. The molecule has 0 unspecified atom stereocenters. The number of aromatic nitrogens is 1. The van der Waals surface area contributed by atoms with Gasteiger partial charge in [0.15, 0.2) is 0 Å². The Hall–Kier alpha value is -1.42. The van der Waals surface area contributed by atoms with E-state index in [4.69, 9.17) is 5.73 Å². The molecule has 4 N–H and O–H groups in total. The minimum absolute atomic E-state index is 0.765. The molecule has 0 spiro atoms. The molecular weight excluding hydrogens is 266 g/mol. The second-order valence-corrected chi connectivity index (χ2v) is 4.52. The predicted molar refractivity (Wildman–Crippen MR) is 71.5 cm³/mol. The van der Waals surface area contributed by atoms with Crippen LogP contribution in [0, 0.1) is 0 Å². The number of H-pyrrole nitrogens is 1. The van der Waals surface area contributed by atoms with Crippen molar-refractivity contribution in [3.63, 3.8) is 0 Å². The van der Waals surface area contributed by atoms with Crippen molar-refractivity contribution in [3.05, 3.63) is 46.7 Å². The summed E-state index contributed by atoms with van der Waals surface area (Å²) in [6, 6.07) is 9.94. The van der Waals surface area contributed by atoms with Crippen molar-refractivity contribution >= 4 is 27.3 Å². The average Bonchev–Trinajstić information content (AvgIpc) is 2.74. The molecular formula is C12H14BrN3. The molecule has 3 nitrogen and oxygen atoms in total. The summed E-state index contributed by atoms with van der Waals surface area (Å²) in [5, 5.41) is 3.31. The van der Waals surface area contributed by atoms with Crippen LogP contribution >= 0.6 is 15.9 Å². The Morgan fingerprint density at radius 2 is 2.19 bits per heavy atom. The van der Waals surface area contributed by atoms with E-state index in [0.29, 0.717) is 0 Å². The van der Waals surface area contributed by atoms with Gasteiger partial charge in [-0.05, 0) is 30.3 Å². The van der Waals surface area contributed by atoms with E-state index in [-0.39, 0.29) is 0 Å². The molecule has 84 valence electrons. The molecule has 0 aliphatic carbocycles. The first-order valence-corrected chi connectivity index (χ1v) is 5.96. The summed E-state index contributed by atoms with van der Waals surface area (Å²) in [5.41, 5.74) is 8.85. The number of hydrogen-bond donors (Lipinski definition) is 3. The van der Waals surface area contributed by atoms with Gasteiger partial charge in [-0.25, -0.2) is 0 Å². The van der Waals surface area contributed by atoms with Crippen LogP contribution in [0.1, 0.15) is 5.69 Å². The van der Waals surface area contributed by atoms with Gasteiger partial charge in [0.05, 0.1) is 11.4 Å². The molecule has 2 aromatic rings. The highest BCUT2D eigenvalue weighted by molar-refractivity contribution is 9.10. The zero-order valence-electron chi connectivity index (χ0n) is 8.83. The van der Waals surface area contributed by atoms with Crippen molar-refractivity contribution in [1.29, 1.82) is 0 Å². The Morgan fingerprint density at radius 1 is 1.31 bits per heavy atom. The largest absolute Gasteiger partial charge is 0.397 e. The first kappa shape index (κ1) is 11.1. The number of halogens is 1. The van der Waals surface area contributed by atoms with Crippen molar-refractivity contribution in [2.45, 2.75) is 6.42 Å². The summed E-state index contributed by atoms with van der Waals surface area (Å²) >= 11 is 3.38. The van der Waals surface area contributed by atoms with E-state index in [1.807, 2.05) is 30.5 Å². The Bertz CT molecular complexity index is 451. The lowest BCUT2D eigenvalue weighted by Crippen LogP contribution is -2.06. The fraction of sp³-hybridized carbons (Fsp3) is 0.167. The van der Waals surface area contributed by atoms with Gasteiger partial charge in [0.25, 0.3) is 0 Å². The van der Waals surface area contributed by atoms with Crippen LogP contribution in [0.15, 0.2) is 41.0 Å². The SMILES string of the molecule is Nc1cc(Br)ccc1NCCc1ccc[nH]1. The van der Waals surface area contributed by atoms with E-state index < -0.39 is 0 Å². The lowest BCUT2D eigenvalue weighted by Gasteiger charge is -2.08. The lowest BCUT2D eigenvalue weighted by molar-refractivity contribution is 0.978. The van der Waals surface area contributed by atoms with Crippen molar-refractivity contribution in [2.24, 2.45) is 0 Å². The lowest BCUT2D eigenvalue weighted by atomic mass is 10.2. The van der Waals surface area contributed by atoms with E-state index in [1.54, 1.807) is 0 Å². The van der Waals surface area contributed by atoms with Crippen molar-refractivity contribution in [3.8, 4) is 0 Å². The summed E-state index contributed by atoms with van der Waals surface area (Å²) in [7, 11) is 0. The van der Waals surface area contributed by atoms with Crippen molar-refractivity contribution in [1.82, 2.24) is 4.98 Å². The fourth-order valence-electron chi connectivity index (χ4n) is 1.55. The van der Waals surface area contributed by atoms with Gasteiger partial charge in [0.1, 0.15) is 0 Å². The van der Waals surface area contributed by atoms with Crippen LogP contribution in [0.25, 0.3) is 0 Å². The number of nitrogens with two attached hydrogens (primary N) is 1. The summed E-state index contributed by atoms with van der Waals surface area (Å²) in [6.07, 6.45) is 2.89. The Kier molecular flexibility index (Phi) is 3.51. The molecule has 0 radical (unpaired) electrons. The smallest absolute Gasteiger partial charge is 0.0574 e. The third kappa shape index (κ3) is 2.79. The Labute approximate surface area is 103 Å². The van der Waals surface area contributed by atoms with Gasteiger partial charge in [-0.3, -0.25) is 0 Å². The summed E-state index contributed by atoms with van der Waals surface area (Å²) in [6.45, 7) is 0.867. The summed E-state index contributed by atoms with van der Waals surface area (Å²) < 4.78 is 1.000. The van der Waals surface area contributed by atoms with Crippen LogP contribution in [0.3, 0.4) is 0 Å². The topological polar surface area (TPSA) is 53.8 Å². The highest BCUT2D eigenvalue weighted by Gasteiger charge is 1.99. The molecule has 0 aliphatic heterocycles. The number of benzene rings is 1. The van der Waals surface area contributed by atoms with Crippen LogP contribution in [0.4, 0.5) is 11.4 Å². The van der Waals surface area contributed by atoms with Gasteiger partial charge < -0.3 is 16.0 Å². The van der Waals surface area contributed by atoms with Gasteiger partial charge in [0.2, 0.25) is 0 Å². The van der Waals surface area contributed by atoms with E-state index in [2.05, 4.69) is 32.3 Å². The van der Waals surface area contributed by atoms with Crippen LogP contribution in [-0.4, -0.2) is 11.5 Å². The van der Waals surface area contributed by atoms with Crippen LogP contribution in [0.5, 0.6) is 0 Å². The molecule has 0 amide bonds. The second kappa shape index (κ2) is 5.07. The highest BCUT2D eigenvalue weighted by Crippen LogP contribution is 2.22. The molecule has 0 atom stereocenters. The van der Waals surface area contributed by atoms with Crippen molar-refractivity contribution in [2.75, 3.05) is 17.6 Å². The standard InChI is InChI=1S/C12H14BrN3/c13-9-3-4-12(11(14)8-9)16-7-5-10-2-1-6-15-10/h1-4,6,8,15-16H,5,7,14H2. The average molecular weight is 280 g/mol. The molecule has 0 saturated heterocycles. The molecule has 2 rings (SSSR count). The number of nitrogen functional groups attached to an aromatic ring is 1. The monoisotopic (exact) mass is 279 g/mol. The number of anilines is 2. The minimum Gasteiger partial charge on any atom is -0.397 e. The quantitative estimate of drug-likeness (QED) is 0.754. The van der Waals surface area contributed by atoms with Gasteiger partial charge in [-0.1, -0.05) is 15.9 Å². The molecule has 0 fully saturated rings. The van der Waals surface area contributed by atoms with E-state index >= 15 is 0 Å². The maximum Gasteiger partial charge on any atom is 0.0574 e. The number of nitrogens with one attached hydrogen (secondary N) is 2. The maximum atomic E-state index is 5.88. The molecule has 4 heteroatoms. The zero-order valence-corrected chi connectivity index (χ0v) is 10.4. The fourth-order valence-corrected chi connectivity index (χ4v) is 1.93. The molecule has 0 aliphatic rings. The number of rotatable bonds is 4. The summed E-state index contributed by atoms with van der Waals surface area (Å²) in [4.78, 5) is 3.17. The Morgan fingerprint density at radius 3 is 2.88 bits per heavy atom. The van der Waals surface area contributed by atoms with Crippen molar-refractivity contribution < 1.29 is 0 Å². The highest BCUT2D eigenvalue weighted by atomic mass is 79.9. The molecule has 1 heterocycles. The van der Waals surface area contributed by atoms with Gasteiger partial charge >= 0.3 is 0 Å². The van der Waals surface area contributed by atoms with E-state index in [1.165, 1.54) is 5.69 Å². The van der Waals surface area contributed by atoms with Crippen LogP contribution < -0.4 is 11.1 Å². The van der Waals surface area contributed by atoms with Crippen LogP contribution in [-0.2, 0) is 6.42 Å². The van der Waals surface area contributed by atoms with Gasteiger partial charge in [-0.15, -0.1) is 0 Å². The molecule has 1 aromatic carbocycles. The molecule has 16 heavy (non-hydrogen) atoms. The third-order valence-corrected chi connectivity index (χ3v) is 2.88. The first-order chi connectivity index (χ1) is 7.75. The minimum atomic E-state index is 0.765. The Balaban J connectivity index is 1.90. The molecule has 0 saturated carbocycles. The van der Waals surface area contributed by atoms with Gasteiger partial charge in [-0.2, -0.15) is 0 Å². The normalized spacial score (nSPS) is 10.3. The third-order valence-electron chi connectivity index (χ3n) is 2.39. The number of aromatic amines is 1. The molecule has 0 bridgehead atoms. The maximum absolute atomic E-state index is 5.88. The van der Waals surface area contributed by atoms with Gasteiger partial charge in [0, 0.05) is 29.3 Å². The van der Waals surface area contributed by atoms with E-state index in [0.717, 1.165) is 28.8 Å². The second-order valence-electron chi connectivity index (χ2n) is 3.60. The van der Waals surface area contributed by atoms with Crippen LogP contribution in [0.2, 0.25) is 0 Å². The first-order valence-electron chi connectivity index (χ1n) is 5.17. The molecule has 1 aromatic heterocycles. The van der Waals surface area contributed by atoms with E-state index in [9.17, 15) is 0 Å². The predicted octanol–water partition coefficient (Wildman–Crippen LogP) is 3.01.